The molecule has 0 saturated heterocycles. The van der Waals surface area contributed by atoms with Crippen molar-refractivity contribution in [2.45, 2.75) is 20.3 Å². The van der Waals surface area contributed by atoms with Crippen molar-refractivity contribution in [3.63, 3.8) is 0 Å². The molecule has 4 rings (SSSR count). The fourth-order valence-corrected chi connectivity index (χ4v) is 4.07. The summed E-state index contributed by atoms with van der Waals surface area (Å²) in [6.07, 6.45) is 2.69. The van der Waals surface area contributed by atoms with Gasteiger partial charge in [-0.25, -0.2) is 4.98 Å². The van der Waals surface area contributed by atoms with E-state index in [0.717, 1.165) is 43.9 Å². The molecule has 27 heavy (non-hydrogen) atoms. The van der Waals surface area contributed by atoms with Gasteiger partial charge in [0.25, 0.3) is 0 Å². The van der Waals surface area contributed by atoms with Crippen molar-refractivity contribution >= 4 is 49.2 Å². The molecule has 0 fully saturated rings. The molecule has 136 valence electrons. The number of thiazole rings is 1. The number of rotatable bonds is 5. The first-order valence-corrected chi connectivity index (χ1v) is 9.67. The van der Waals surface area contributed by atoms with Gasteiger partial charge in [0.2, 0.25) is 5.91 Å². The third-order valence-corrected chi connectivity index (χ3v) is 5.34. The minimum absolute atomic E-state index is 0.435. The largest absolute Gasteiger partial charge is 0.366 e. The summed E-state index contributed by atoms with van der Waals surface area (Å²) in [6, 6.07) is 13.6. The van der Waals surface area contributed by atoms with Crippen molar-refractivity contribution in [1.82, 2.24) is 9.97 Å². The number of pyridine rings is 1. The van der Waals surface area contributed by atoms with Gasteiger partial charge in [-0.05, 0) is 54.3 Å². The van der Waals surface area contributed by atoms with Crippen LogP contribution in [0, 0.1) is 5.92 Å². The smallest absolute Gasteiger partial charge is 0.248 e. The number of carbonyl (C=O) groups excluding carboxylic acids is 1. The van der Waals surface area contributed by atoms with E-state index in [1.54, 1.807) is 23.6 Å². The Bertz CT molecular complexity index is 1150. The van der Waals surface area contributed by atoms with Crippen LogP contribution < -0.4 is 11.1 Å². The van der Waals surface area contributed by atoms with Gasteiger partial charge in [0.05, 0.1) is 15.7 Å². The van der Waals surface area contributed by atoms with Crippen molar-refractivity contribution in [2.75, 3.05) is 5.32 Å². The molecule has 0 aliphatic heterocycles. The Morgan fingerprint density at radius 2 is 2.07 bits per heavy atom. The van der Waals surface area contributed by atoms with E-state index in [-0.39, 0.29) is 0 Å². The number of primary amides is 1. The summed E-state index contributed by atoms with van der Waals surface area (Å²) in [5.41, 5.74) is 9.83. The molecule has 0 radical (unpaired) electrons. The molecule has 0 unspecified atom stereocenters. The summed E-state index contributed by atoms with van der Waals surface area (Å²) in [6.45, 7) is 4.34. The van der Waals surface area contributed by atoms with Gasteiger partial charge in [0, 0.05) is 22.8 Å². The minimum atomic E-state index is -0.435. The van der Waals surface area contributed by atoms with E-state index in [4.69, 9.17) is 10.7 Å². The molecule has 5 nitrogen and oxygen atoms in total. The predicted molar refractivity (Wildman–Crippen MR) is 112 cm³/mol. The lowest BCUT2D eigenvalue weighted by molar-refractivity contribution is 0.100. The second-order valence-corrected chi connectivity index (χ2v) is 7.99. The molecule has 2 heterocycles. The Kier molecular flexibility index (Phi) is 4.49. The molecule has 1 amide bonds. The maximum absolute atomic E-state index is 11.6. The maximum Gasteiger partial charge on any atom is 0.248 e. The summed E-state index contributed by atoms with van der Waals surface area (Å²) in [5.74, 6) is 0.0610. The third-order valence-electron chi connectivity index (χ3n) is 4.40. The quantitative estimate of drug-likeness (QED) is 0.520. The minimum Gasteiger partial charge on any atom is -0.366 e. The van der Waals surface area contributed by atoms with Gasteiger partial charge >= 0.3 is 0 Å². The second kappa shape index (κ2) is 6.96. The highest BCUT2D eigenvalue weighted by Gasteiger charge is 2.13. The fourth-order valence-electron chi connectivity index (χ4n) is 3.18. The highest BCUT2D eigenvalue weighted by Crippen LogP contribution is 2.33. The van der Waals surface area contributed by atoms with Crippen molar-refractivity contribution in [3.05, 3.63) is 59.8 Å². The summed E-state index contributed by atoms with van der Waals surface area (Å²) in [5, 5.41) is 5.23. The average molecular weight is 376 g/mol. The molecule has 0 spiro atoms. The van der Waals surface area contributed by atoms with Crippen molar-refractivity contribution in [3.8, 4) is 0 Å². The first-order valence-electron chi connectivity index (χ1n) is 8.85. The predicted octanol–water partition coefficient (Wildman–Crippen LogP) is 4.89. The van der Waals surface area contributed by atoms with Gasteiger partial charge < -0.3 is 11.1 Å². The SMILES string of the molecule is CC(C)Cc1ccc(C(N)=O)cc1Nc1nc2c(ccc3ncccc32)s1. The molecule has 3 N–H and O–H groups in total. The third kappa shape index (κ3) is 3.48. The van der Waals surface area contributed by atoms with Crippen molar-refractivity contribution in [2.24, 2.45) is 11.7 Å². The van der Waals surface area contributed by atoms with E-state index in [9.17, 15) is 4.79 Å². The van der Waals surface area contributed by atoms with Gasteiger partial charge in [0.15, 0.2) is 5.13 Å². The lowest BCUT2D eigenvalue weighted by Crippen LogP contribution is -2.12. The van der Waals surface area contributed by atoms with E-state index in [2.05, 4.69) is 24.1 Å². The van der Waals surface area contributed by atoms with Crippen LogP contribution in [0.15, 0.2) is 48.7 Å². The first-order chi connectivity index (χ1) is 13.0. The molecule has 0 aliphatic carbocycles. The Morgan fingerprint density at radius 1 is 1.22 bits per heavy atom. The molecule has 2 aromatic carbocycles. The topological polar surface area (TPSA) is 80.9 Å². The summed E-state index contributed by atoms with van der Waals surface area (Å²) >= 11 is 1.58. The number of carbonyl (C=O) groups is 1. The van der Waals surface area contributed by atoms with E-state index in [0.29, 0.717) is 11.5 Å². The van der Waals surface area contributed by atoms with Gasteiger partial charge in [-0.1, -0.05) is 31.3 Å². The van der Waals surface area contributed by atoms with E-state index < -0.39 is 5.91 Å². The summed E-state index contributed by atoms with van der Waals surface area (Å²) in [7, 11) is 0. The fraction of sp³-hybridized carbons (Fsp3) is 0.190. The lowest BCUT2D eigenvalue weighted by atomic mass is 9.99. The number of hydrogen-bond donors (Lipinski definition) is 2. The Morgan fingerprint density at radius 3 is 2.85 bits per heavy atom. The lowest BCUT2D eigenvalue weighted by Gasteiger charge is -2.13. The molecule has 6 heteroatoms. The second-order valence-electron chi connectivity index (χ2n) is 6.96. The van der Waals surface area contributed by atoms with E-state index in [1.165, 1.54) is 0 Å². The van der Waals surface area contributed by atoms with Crippen molar-refractivity contribution in [1.29, 1.82) is 0 Å². The maximum atomic E-state index is 11.6. The number of nitrogens with two attached hydrogens (primary N) is 1. The highest BCUT2D eigenvalue weighted by atomic mass is 32.1. The average Bonchev–Trinajstić information content (AvgIpc) is 3.05. The van der Waals surface area contributed by atoms with Gasteiger partial charge in [-0.3, -0.25) is 9.78 Å². The highest BCUT2D eigenvalue weighted by molar-refractivity contribution is 7.22. The van der Waals surface area contributed by atoms with Crippen LogP contribution >= 0.6 is 11.3 Å². The Labute approximate surface area is 161 Å². The molecular weight excluding hydrogens is 356 g/mol. The standard InChI is InChI=1S/C21H20N4OS/c1-12(2)10-13-5-6-14(20(22)26)11-17(13)24-21-25-19-15-4-3-9-23-16(15)7-8-18(19)27-21/h3-9,11-12H,10H2,1-2H3,(H2,22,26)(H,24,25). The molecule has 0 atom stereocenters. The Hall–Kier alpha value is -2.99. The normalized spacial score (nSPS) is 11.4. The number of amides is 1. The van der Waals surface area contributed by atoms with Gasteiger partial charge in [-0.2, -0.15) is 0 Å². The van der Waals surface area contributed by atoms with Crippen LogP contribution in [0.1, 0.15) is 29.8 Å². The number of anilines is 2. The first kappa shape index (κ1) is 17.4. The molecule has 0 bridgehead atoms. The van der Waals surface area contributed by atoms with Crippen LogP contribution in [-0.2, 0) is 6.42 Å². The zero-order chi connectivity index (χ0) is 19.0. The number of hydrogen-bond acceptors (Lipinski definition) is 5. The molecule has 0 aliphatic rings. The number of nitrogens with one attached hydrogen (secondary N) is 1. The zero-order valence-corrected chi connectivity index (χ0v) is 16.0. The number of benzene rings is 2. The van der Waals surface area contributed by atoms with Gasteiger partial charge in [-0.15, -0.1) is 0 Å². The number of fused-ring (bicyclic) bond motifs is 3. The zero-order valence-electron chi connectivity index (χ0n) is 15.2. The molecule has 4 aromatic rings. The summed E-state index contributed by atoms with van der Waals surface area (Å²) < 4.78 is 1.09. The van der Waals surface area contributed by atoms with Crippen LogP contribution in [0.2, 0.25) is 0 Å². The van der Waals surface area contributed by atoms with Crippen LogP contribution in [0.4, 0.5) is 10.8 Å². The Balaban J connectivity index is 1.77. The number of nitrogens with zero attached hydrogens (tertiary/aromatic N) is 2. The molecule has 2 aromatic heterocycles. The van der Waals surface area contributed by atoms with Crippen LogP contribution in [0.25, 0.3) is 21.1 Å². The monoisotopic (exact) mass is 376 g/mol. The van der Waals surface area contributed by atoms with E-state index >= 15 is 0 Å². The van der Waals surface area contributed by atoms with Crippen molar-refractivity contribution < 1.29 is 4.79 Å². The van der Waals surface area contributed by atoms with Crippen LogP contribution in [0.3, 0.4) is 0 Å². The number of aromatic nitrogens is 2. The summed E-state index contributed by atoms with van der Waals surface area (Å²) in [4.78, 5) is 20.8. The van der Waals surface area contributed by atoms with E-state index in [1.807, 2.05) is 36.4 Å². The molecule has 0 saturated carbocycles. The van der Waals surface area contributed by atoms with Crippen LogP contribution in [0.5, 0.6) is 0 Å². The van der Waals surface area contributed by atoms with Gasteiger partial charge in [0.1, 0.15) is 0 Å². The molecular formula is C21H20N4OS. The van der Waals surface area contributed by atoms with Crippen LogP contribution in [-0.4, -0.2) is 15.9 Å².